The van der Waals surface area contributed by atoms with Gasteiger partial charge in [0.1, 0.15) is 0 Å². The molecule has 3 heterocycles. The summed E-state index contributed by atoms with van der Waals surface area (Å²) in [5.41, 5.74) is 12.5. The number of rotatable bonds is 6. The number of fused-ring (bicyclic) bond motifs is 2. The average Bonchev–Trinajstić information content (AvgIpc) is 3.45. The molecule has 1 unspecified atom stereocenters. The van der Waals surface area contributed by atoms with Crippen molar-refractivity contribution in [2.24, 2.45) is 17.9 Å². The Morgan fingerprint density at radius 2 is 1.81 bits per heavy atom. The number of aryl methyl sites for hydroxylation is 2. The van der Waals surface area contributed by atoms with Crippen molar-refractivity contribution >= 4 is 62.8 Å². The van der Waals surface area contributed by atoms with Gasteiger partial charge in [-0.25, -0.2) is 0 Å². The summed E-state index contributed by atoms with van der Waals surface area (Å²) in [6.07, 6.45) is 5.08. The molecule has 1 atom stereocenters. The van der Waals surface area contributed by atoms with Crippen molar-refractivity contribution in [3.05, 3.63) is 64.4 Å². The summed E-state index contributed by atoms with van der Waals surface area (Å²) >= 11 is 12.7. The molecule has 3 N–H and O–H groups in total. The van der Waals surface area contributed by atoms with Gasteiger partial charge in [-0.05, 0) is 49.4 Å². The number of halogens is 2. The second kappa shape index (κ2) is 8.16. The van der Waals surface area contributed by atoms with Crippen LogP contribution >= 0.6 is 23.2 Å². The number of carbonyl (C=O) groups is 1. The molecule has 2 aromatic heterocycles. The summed E-state index contributed by atoms with van der Waals surface area (Å²) < 4.78 is 4.17. The van der Waals surface area contributed by atoms with Crippen molar-refractivity contribution in [3.8, 4) is 0 Å². The van der Waals surface area contributed by atoms with E-state index in [1.54, 1.807) is 0 Å². The van der Waals surface area contributed by atoms with Crippen LogP contribution in [0.1, 0.15) is 12.0 Å². The van der Waals surface area contributed by atoms with E-state index in [4.69, 9.17) is 28.9 Å². The Hall–Kier alpha value is -3.00. The van der Waals surface area contributed by atoms with Crippen LogP contribution in [-0.2, 0) is 18.4 Å². The highest BCUT2D eigenvalue weighted by Gasteiger charge is 2.33. The Balaban J connectivity index is 1.71. The molecule has 0 bridgehead atoms. The van der Waals surface area contributed by atoms with Crippen molar-refractivity contribution in [2.75, 3.05) is 11.4 Å². The lowest BCUT2D eigenvalue weighted by molar-refractivity contribution is -0.109. The number of amidine groups is 1. The van der Waals surface area contributed by atoms with Gasteiger partial charge in [0, 0.05) is 57.9 Å². The maximum atomic E-state index is 12.0. The molecule has 0 aliphatic carbocycles. The van der Waals surface area contributed by atoms with E-state index < -0.39 is 6.17 Å². The number of anilines is 1. The monoisotopic (exact) mass is 468 g/mol. The second-order valence-corrected chi connectivity index (χ2v) is 8.71. The molecule has 164 valence electrons. The molecule has 0 fully saturated rings. The van der Waals surface area contributed by atoms with Crippen molar-refractivity contribution in [3.63, 3.8) is 0 Å². The number of nitrogens with two attached hydrogens (primary N) is 1. The molecule has 7 nitrogen and oxygen atoms in total. The van der Waals surface area contributed by atoms with E-state index >= 15 is 0 Å². The van der Waals surface area contributed by atoms with Gasteiger partial charge in [0.25, 0.3) is 0 Å². The predicted molar refractivity (Wildman–Crippen MR) is 131 cm³/mol. The van der Waals surface area contributed by atoms with Gasteiger partial charge in [0.15, 0.2) is 18.3 Å². The molecule has 0 radical (unpaired) electrons. The molecule has 0 spiro atoms. The van der Waals surface area contributed by atoms with Crippen LogP contribution in [0.3, 0.4) is 0 Å². The number of carbonyl (C=O) groups excluding carboxylic acids is 1. The van der Waals surface area contributed by atoms with Gasteiger partial charge < -0.3 is 14.9 Å². The number of aldehydes is 1. The van der Waals surface area contributed by atoms with E-state index in [1.165, 1.54) is 0 Å². The van der Waals surface area contributed by atoms with Crippen LogP contribution in [0.5, 0.6) is 0 Å². The molecule has 0 amide bonds. The Bertz CT molecular complexity index is 1370. The highest BCUT2D eigenvalue weighted by atomic mass is 35.5. The third-order valence-corrected chi connectivity index (χ3v) is 6.29. The van der Waals surface area contributed by atoms with Crippen LogP contribution in [-0.4, -0.2) is 34.0 Å². The number of hydrazone groups is 1. The molecule has 4 aromatic rings. The zero-order chi connectivity index (χ0) is 22.4. The Kier molecular flexibility index (Phi) is 5.33. The van der Waals surface area contributed by atoms with Gasteiger partial charge in [-0.15, -0.1) is 0 Å². The summed E-state index contributed by atoms with van der Waals surface area (Å²) in [6.45, 7) is 1.35. The maximum absolute atomic E-state index is 12.0. The summed E-state index contributed by atoms with van der Waals surface area (Å²) in [4.78, 5) is 13.9. The normalized spacial score (nSPS) is 16.1. The van der Waals surface area contributed by atoms with Crippen molar-refractivity contribution in [2.45, 2.75) is 19.1 Å². The number of aromatic nitrogens is 2. The van der Waals surface area contributed by atoms with E-state index in [0.29, 0.717) is 22.4 Å². The average molecular weight is 469 g/mol. The van der Waals surface area contributed by atoms with Gasteiger partial charge in [-0.2, -0.15) is 5.10 Å². The number of hydrogen-bond donors (Lipinski definition) is 2. The number of nitrogens with zero attached hydrogens (tertiary/aromatic N) is 4. The minimum Gasteiger partial charge on any atom is -0.350 e. The third kappa shape index (κ3) is 3.33. The van der Waals surface area contributed by atoms with Crippen molar-refractivity contribution in [1.29, 1.82) is 0 Å². The molecule has 1 aliphatic rings. The second-order valence-electron chi connectivity index (χ2n) is 7.84. The van der Waals surface area contributed by atoms with Crippen molar-refractivity contribution in [1.82, 2.24) is 14.6 Å². The number of nitrogens with one attached hydrogen (secondary N) is 1. The van der Waals surface area contributed by atoms with E-state index in [0.717, 1.165) is 52.3 Å². The quantitative estimate of drug-likeness (QED) is 0.417. The predicted octanol–water partition coefficient (Wildman–Crippen LogP) is 4.09. The van der Waals surface area contributed by atoms with Gasteiger partial charge in [-0.3, -0.25) is 15.1 Å². The minimum absolute atomic E-state index is 0.592. The Morgan fingerprint density at radius 3 is 2.53 bits per heavy atom. The number of hydrogen-bond acceptors (Lipinski definition) is 5. The number of benzene rings is 2. The van der Waals surface area contributed by atoms with Crippen LogP contribution in [0, 0.1) is 0 Å². The highest BCUT2D eigenvalue weighted by molar-refractivity contribution is 6.32. The standard InChI is InChI=1S/C23H22Cl2N6O/c1-29-11-18(16-9-14(24)3-5-19(16)29)23-28-27-22(13-32)31(23)21-12-30(8-2-7-26)20-6-4-15(25)10-17(20)21/h3-6,9-13,22,27H,2,7-8,26H2,1H3. The first-order chi connectivity index (χ1) is 15.5. The van der Waals surface area contributed by atoms with Gasteiger partial charge in [-0.1, -0.05) is 23.2 Å². The minimum atomic E-state index is -0.646. The molecule has 2 aromatic carbocycles. The lowest BCUT2D eigenvalue weighted by atomic mass is 10.1. The smallest absolute Gasteiger partial charge is 0.177 e. The Morgan fingerprint density at radius 1 is 1.09 bits per heavy atom. The maximum Gasteiger partial charge on any atom is 0.177 e. The van der Waals surface area contributed by atoms with Gasteiger partial charge >= 0.3 is 0 Å². The fraction of sp³-hybridized carbons (Fsp3) is 0.217. The van der Waals surface area contributed by atoms with E-state index in [-0.39, 0.29) is 0 Å². The van der Waals surface area contributed by atoms with E-state index in [9.17, 15) is 4.79 Å². The van der Waals surface area contributed by atoms with E-state index in [1.807, 2.05) is 65.3 Å². The fourth-order valence-electron chi connectivity index (χ4n) is 4.35. The topological polar surface area (TPSA) is 80.6 Å². The SMILES string of the molecule is Cn1cc(C2=NNC(C=O)N2c2cn(CCCN)c3ccc(Cl)cc23)c2cc(Cl)ccc21. The first-order valence-corrected chi connectivity index (χ1v) is 11.1. The summed E-state index contributed by atoms with van der Waals surface area (Å²) in [5.74, 6) is 0.646. The molecule has 5 rings (SSSR count). The van der Waals surface area contributed by atoms with Crippen LogP contribution < -0.4 is 16.1 Å². The molecule has 0 saturated carbocycles. The first kappa shape index (κ1) is 20.9. The van der Waals surface area contributed by atoms with E-state index in [2.05, 4.69) is 15.1 Å². The lowest BCUT2D eigenvalue weighted by Gasteiger charge is -2.23. The highest BCUT2D eigenvalue weighted by Crippen LogP contribution is 2.36. The Labute approximate surface area is 195 Å². The van der Waals surface area contributed by atoms with Crippen LogP contribution in [0.15, 0.2) is 53.9 Å². The molecule has 0 saturated heterocycles. The molecule has 1 aliphatic heterocycles. The van der Waals surface area contributed by atoms with Gasteiger partial charge in [0.2, 0.25) is 0 Å². The van der Waals surface area contributed by atoms with Crippen molar-refractivity contribution < 1.29 is 4.79 Å². The fourth-order valence-corrected chi connectivity index (χ4v) is 4.69. The third-order valence-electron chi connectivity index (χ3n) is 5.82. The lowest BCUT2D eigenvalue weighted by Crippen LogP contribution is -2.41. The van der Waals surface area contributed by atoms with Crippen LogP contribution in [0.25, 0.3) is 21.8 Å². The van der Waals surface area contributed by atoms with Crippen LogP contribution in [0.2, 0.25) is 10.0 Å². The summed E-state index contributed by atoms with van der Waals surface area (Å²) in [6, 6.07) is 11.5. The zero-order valence-corrected chi connectivity index (χ0v) is 18.9. The molecule has 32 heavy (non-hydrogen) atoms. The summed E-state index contributed by atoms with van der Waals surface area (Å²) in [7, 11) is 1.97. The molecule has 9 heteroatoms. The van der Waals surface area contributed by atoms with Gasteiger partial charge in [0.05, 0.1) is 11.2 Å². The summed E-state index contributed by atoms with van der Waals surface area (Å²) in [5, 5.41) is 7.72. The zero-order valence-electron chi connectivity index (χ0n) is 17.4. The van der Waals surface area contributed by atoms with Crippen LogP contribution in [0.4, 0.5) is 5.69 Å². The largest absolute Gasteiger partial charge is 0.350 e. The first-order valence-electron chi connectivity index (χ1n) is 10.3. The molecular formula is C23H22Cl2N6O. The molecular weight excluding hydrogens is 447 g/mol.